The van der Waals surface area contributed by atoms with E-state index in [-0.39, 0.29) is 34.7 Å². The van der Waals surface area contributed by atoms with Crippen molar-refractivity contribution in [3.8, 4) is 11.5 Å². The first-order chi connectivity index (χ1) is 12.0. The monoisotopic (exact) mass is 340 g/mol. The normalized spacial score (nSPS) is 22.3. The van der Waals surface area contributed by atoms with Crippen LogP contribution in [0.2, 0.25) is 0 Å². The molecule has 1 aliphatic rings. The van der Waals surface area contributed by atoms with E-state index in [0.29, 0.717) is 6.42 Å². The van der Waals surface area contributed by atoms with E-state index in [1.807, 2.05) is 24.3 Å². The first-order valence-corrected chi connectivity index (χ1v) is 8.63. The molecular weight excluding hydrogens is 316 g/mol. The summed E-state index contributed by atoms with van der Waals surface area (Å²) in [6.45, 7) is 2.10. The minimum Gasteiger partial charge on any atom is -0.508 e. The standard InChI is InChI=1S/C21H24O4/c1-14-11-12-21(13-19(14)20(24)25-2,15-3-7-17(22)8-4-15)16-5-9-18(23)10-6-16/h3-10,14,19,22-23H,11-13H2,1-2H3. The van der Waals surface area contributed by atoms with Crippen molar-refractivity contribution in [2.75, 3.05) is 7.11 Å². The third-order valence-corrected chi connectivity index (χ3v) is 5.63. The van der Waals surface area contributed by atoms with Crippen molar-refractivity contribution in [1.29, 1.82) is 0 Å². The molecule has 0 aliphatic heterocycles. The van der Waals surface area contributed by atoms with Gasteiger partial charge in [0, 0.05) is 5.41 Å². The van der Waals surface area contributed by atoms with Gasteiger partial charge in [0.25, 0.3) is 0 Å². The molecule has 2 unspecified atom stereocenters. The van der Waals surface area contributed by atoms with Crippen molar-refractivity contribution >= 4 is 5.97 Å². The number of esters is 1. The average Bonchev–Trinajstić information content (AvgIpc) is 2.63. The van der Waals surface area contributed by atoms with E-state index >= 15 is 0 Å². The maximum Gasteiger partial charge on any atom is 0.308 e. The molecular formula is C21H24O4. The Balaban J connectivity index is 2.10. The number of carbonyl (C=O) groups excluding carboxylic acids is 1. The van der Waals surface area contributed by atoms with Crippen molar-refractivity contribution in [1.82, 2.24) is 0 Å². The van der Waals surface area contributed by atoms with Gasteiger partial charge in [-0.2, -0.15) is 0 Å². The van der Waals surface area contributed by atoms with Crippen LogP contribution in [0.4, 0.5) is 0 Å². The zero-order chi connectivity index (χ0) is 18.0. The van der Waals surface area contributed by atoms with E-state index in [2.05, 4.69) is 6.92 Å². The van der Waals surface area contributed by atoms with Gasteiger partial charge in [-0.3, -0.25) is 4.79 Å². The predicted octanol–water partition coefficient (Wildman–Crippen LogP) is 3.99. The Kier molecular flexibility index (Phi) is 4.71. The predicted molar refractivity (Wildman–Crippen MR) is 95.5 cm³/mol. The third-order valence-electron chi connectivity index (χ3n) is 5.63. The molecule has 2 aromatic rings. The minimum atomic E-state index is -0.341. The molecule has 0 spiro atoms. The van der Waals surface area contributed by atoms with Crippen LogP contribution in [0, 0.1) is 11.8 Å². The summed E-state index contributed by atoms with van der Waals surface area (Å²) in [4.78, 5) is 12.3. The Hall–Kier alpha value is -2.49. The SMILES string of the molecule is COC(=O)C1CC(c2ccc(O)cc2)(c2ccc(O)cc2)CCC1C. The van der Waals surface area contributed by atoms with Crippen molar-refractivity contribution in [2.45, 2.75) is 31.6 Å². The van der Waals surface area contributed by atoms with Gasteiger partial charge in [0.05, 0.1) is 13.0 Å². The first kappa shape index (κ1) is 17.3. The molecule has 2 atom stereocenters. The average molecular weight is 340 g/mol. The molecule has 3 rings (SSSR count). The van der Waals surface area contributed by atoms with Crippen molar-refractivity contribution < 1.29 is 19.7 Å². The summed E-state index contributed by atoms with van der Waals surface area (Å²) in [5.41, 5.74) is 1.79. The van der Waals surface area contributed by atoms with E-state index < -0.39 is 0 Å². The van der Waals surface area contributed by atoms with Crippen molar-refractivity contribution in [3.05, 3.63) is 59.7 Å². The van der Waals surface area contributed by atoms with E-state index in [9.17, 15) is 15.0 Å². The molecule has 0 heterocycles. The highest BCUT2D eigenvalue weighted by Gasteiger charge is 2.44. The molecule has 1 aliphatic carbocycles. The lowest BCUT2D eigenvalue weighted by Gasteiger charge is -2.44. The van der Waals surface area contributed by atoms with E-state index in [1.54, 1.807) is 24.3 Å². The third kappa shape index (κ3) is 3.21. The summed E-state index contributed by atoms with van der Waals surface area (Å²) < 4.78 is 5.04. The molecule has 132 valence electrons. The highest BCUT2D eigenvalue weighted by Crippen LogP contribution is 2.49. The minimum absolute atomic E-state index is 0.172. The fourth-order valence-corrected chi connectivity index (χ4v) is 4.07. The molecule has 2 N–H and O–H groups in total. The molecule has 4 nitrogen and oxygen atoms in total. The number of phenolic OH excluding ortho intramolecular Hbond substituents is 2. The maximum atomic E-state index is 12.3. The van der Waals surface area contributed by atoms with Crippen LogP contribution in [0.15, 0.2) is 48.5 Å². The summed E-state index contributed by atoms with van der Waals surface area (Å²) >= 11 is 0. The van der Waals surface area contributed by atoms with Crippen LogP contribution in [0.25, 0.3) is 0 Å². The van der Waals surface area contributed by atoms with Crippen LogP contribution >= 0.6 is 0 Å². The number of rotatable bonds is 3. The molecule has 0 bridgehead atoms. The largest absolute Gasteiger partial charge is 0.508 e. The maximum absolute atomic E-state index is 12.3. The van der Waals surface area contributed by atoms with Crippen molar-refractivity contribution in [2.24, 2.45) is 11.8 Å². The molecule has 0 saturated heterocycles. The second-order valence-corrected chi connectivity index (χ2v) is 7.03. The molecule has 0 aromatic heterocycles. The zero-order valence-electron chi connectivity index (χ0n) is 14.6. The van der Waals surface area contributed by atoms with Gasteiger partial charge < -0.3 is 14.9 Å². The second kappa shape index (κ2) is 6.79. The highest BCUT2D eigenvalue weighted by molar-refractivity contribution is 5.73. The number of phenols is 2. The Labute approximate surface area is 148 Å². The Bertz CT molecular complexity index is 688. The number of benzene rings is 2. The van der Waals surface area contributed by atoms with E-state index in [4.69, 9.17) is 4.74 Å². The van der Waals surface area contributed by atoms with Gasteiger partial charge in [-0.05, 0) is 60.6 Å². The lowest BCUT2D eigenvalue weighted by Crippen LogP contribution is -2.40. The molecule has 2 aromatic carbocycles. The van der Waals surface area contributed by atoms with Crippen LogP contribution in [0.5, 0.6) is 11.5 Å². The summed E-state index contributed by atoms with van der Waals surface area (Å²) in [5, 5.41) is 19.3. The number of hydrogen-bond donors (Lipinski definition) is 2. The van der Waals surface area contributed by atoms with E-state index in [0.717, 1.165) is 24.0 Å². The Morgan fingerprint density at radius 1 is 1.00 bits per heavy atom. The highest BCUT2D eigenvalue weighted by atomic mass is 16.5. The van der Waals surface area contributed by atoms with Gasteiger partial charge in [-0.25, -0.2) is 0 Å². The van der Waals surface area contributed by atoms with Gasteiger partial charge in [-0.1, -0.05) is 31.2 Å². The van der Waals surface area contributed by atoms with Crippen LogP contribution in [-0.2, 0) is 14.9 Å². The molecule has 1 saturated carbocycles. The quantitative estimate of drug-likeness (QED) is 0.829. The van der Waals surface area contributed by atoms with E-state index in [1.165, 1.54) is 7.11 Å². The van der Waals surface area contributed by atoms with Crippen LogP contribution in [0.3, 0.4) is 0 Å². The fraction of sp³-hybridized carbons (Fsp3) is 0.381. The van der Waals surface area contributed by atoms with Crippen LogP contribution in [0.1, 0.15) is 37.3 Å². The number of methoxy groups -OCH3 is 1. The smallest absolute Gasteiger partial charge is 0.308 e. The molecule has 0 amide bonds. The van der Waals surface area contributed by atoms with Gasteiger partial charge in [-0.15, -0.1) is 0 Å². The number of carbonyl (C=O) groups is 1. The molecule has 25 heavy (non-hydrogen) atoms. The molecule has 4 heteroatoms. The van der Waals surface area contributed by atoms with Gasteiger partial charge in [0.1, 0.15) is 11.5 Å². The Morgan fingerprint density at radius 2 is 1.48 bits per heavy atom. The number of ether oxygens (including phenoxy) is 1. The van der Waals surface area contributed by atoms with Gasteiger partial charge in [0.15, 0.2) is 0 Å². The molecule has 0 radical (unpaired) electrons. The summed E-state index contributed by atoms with van der Waals surface area (Å²) in [6.07, 6.45) is 2.45. The fourth-order valence-electron chi connectivity index (χ4n) is 4.07. The number of aromatic hydroxyl groups is 2. The van der Waals surface area contributed by atoms with Gasteiger partial charge >= 0.3 is 5.97 Å². The summed E-state index contributed by atoms with van der Waals surface area (Å²) in [5.74, 6) is 0.349. The summed E-state index contributed by atoms with van der Waals surface area (Å²) in [6, 6.07) is 14.4. The lowest BCUT2D eigenvalue weighted by molar-refractivity contribution is -0.149. The Morgan fingerprint density at radius 3 is 1.92 bits per heavy atom. The van der Waals surface area contributed by atoms with Crippen LogP contribution < -0.4 is 0 Å². The number of hydrogen-bond acceptors (Lipinski definition) is 4. The molecule has 1 fully saturated rings. The summed E-state index contributed by atoms with van der Waals surface area (Å²) in [7, 11) is 1.44. The van der Waals surface area contributed by atoms with Crippen LogP contribution in [-0.4, -0.2) is 23.3 Å². The van der Waals surface area contributed by atoms with Crippen molar-refractivity contribution in [3.63, 3.8) is 0 Å². The van der Waals surface area contributed by atoms with Gasteiger partial charge in [0.2, 0.25) is 0 Å². The second-order valence-electron chi connectivity index (χ2n) is 7.03. The topological polar surface area (TPSA) is 66.8 Å². The lowest BCUT2D eigenvalue weighted by atomic mass is 9.60. The first-order valence-electron chi connectivity index (χ1n) is 8.63. The zero-order valence-corrected chi connectivity index (χ0v) is 14.6.